The summed E-state index contributed by atoms with van der Waals surface area (Å²) in [5, 5.41) is 0. The van der Waals surface area contributed by atoms with Crippen LogP contribution in [0.2, 0.25) is 0 Å². The quantitative estimate of drug-likeness (QED) is 0.744. The van der Waals surface area contributed by atoms with Crippen molar-refractivity contribution in [2.24, 2.45) is 5.73 Å². The van der Waals surface area contributed by atoms with Crippen LogP contribution in [0.3, 0.4) is 0 Å². The minimum absolute atomic E-state index is 0.251. The third-order valence-electron chi connectivity index (χ3n) is 2.44. The van der Waals surface area contributed by atoms with Crippen molar-refractivity contribution in [3.8, 4) is 0 Å². The number of hydrogen-bond donors (Lipinski definition) is 1. The Morgan fingerprint density at radius 1 is 1.62 bits per heavy atom. The molecule has 1 fully saturated rings. The third-order valence-corrected chi connectivity index (χ3v) is 2.44. The molecule has 0 radical (unpaired) electrons. The summed E-state index contributed by atoms with van der Waals surface area (Å²) in [5.41, 5.74) is 7.95. The van der Waals surface area contributed by atoms with Crippen molar-refractivity contribution >= 4 is 0 Å². The number of hydrogen-bond acceptors (Lipinski definition) is 3. The van der Waals surface area contributed by atoms with Crippen LogP contribution in [0, 0.1) is 0 Å². The van der Waals surface area contributed by atoms with Crippen molar-refractivity contribution in [3.05, 3.63) is 29.6 Å². The van der Waals surface area contributed by atoms with Gasteiger partial charge in [0.1, 0.15) is 0 Å². The van der Waals surface area contributed by atoms with Crippen molar-refractivity contribution in [2.45, 2.75) is 25.5 Å². The Hall–Kier alpha value is -0.930. The molecule has 1 aromatic heterocycles. The highest BCUT2D eigenvalue weighted by atomic mass is 16.5. The molecule has 3 nitrogen and oxygen atoms in total. The average Bonchev–Trinajstić information content (AvgIpc) is 2.70. The first-order chi connectivity index (χ1) is 6.42. The van der Waals surface area contributed by atoms with E-state index < -0.39 is 0 Å². The first kappa shape index (κ1) is 8.66. The lowest BCUT2D eigenvalue weighted by atomic mass is 10.0. The number of ether oxygens (including phenoxy) is 1. The lowest BCUT2D eigenvalue weighted by Gasteiger charge is -2.12. The van der Waals surface area contributed by atoms with Crippen LogP contribution in [0.25, 0.3) is 0 Å². The molecule has 0 amide bonds. The van der Waals surface area contributed by atoms with Crippen LogP contribution >= 0.6 is 0 Å². The average molecular weight is 178 g/mol. The molecule has 1 atom stereocenters. The molecule has 1 saturated heterocycles. The van der Waals surface area contributed by atoms with E-state index in [0.717, 1.165) is 25.0 Å². The van der Waals surface area contributed by atoms with E-state index in [1.807, 2.05) is 12.3 Å². The van der Waals surface area contributed by atoms with E-state index >= 15 is 0 Å². The van der Waals surface area contributed by atoms with Gasteiger partial charge in [-0.1, -0.05) is 0 Å². The van der Waals surface area contributed by atoms with Crippen LogP contribution in [-0.4, -0.2) is 11.6 Å². The van der Waals surface area contributed by atoms with Gasteiger partial charge in [-0.25, -0.2) is 0 Å². The van der Waals surface area contributed by atoms with Gasteiger partial charge in [-0.05, 0) is 30.0 Å². The molecule has 1 aliphatic rings. The molecule has 2 rings (SSSR count). The Balaban J connectivity index is 2.26. The van der Waals surface area contributed by atoms with Crippen LogP contribution in [0.15, 0.2) is 18.5 Å². The number of rotatable bonds is 2. The summed E-state index contributed by atoms with van der Waals surface area (Å²) in [7, 11) is 0. The molecule has 1 unspecified atom stereocenters. The Labute approximate surface area is 77.9 Å². The highest BCUT2D eigenvalue weighted by Gasteiger charge is 2.19. The second-order valence-corrected chi connectivity index (χ2v) is 3.28. The van der Waals surface area contributed by atoms with Gasteiger partial charge in [0.2, 0.25) is 0 Å². The Morgan fingerprint density at radius 3 is 3.23 bits per heavy atom. The molecular formula is C10H14N2O. The van der Waals surface area contributed by atoms with E-state index in [9.17, 15) is 0 Å². The maximum absolute atomic E-state index is 5.62. The van der Waals surface area contributed by atoms with Gasteiger partial charge in [0.05, 0.1) is 6.10 Å². The fourth-order valence-electron chi connectivity index (χ4n) is 1.75. The van der Waals surface area contributed by atoms with Crippen LogP contribution in [0.5, 0.6) is 0 Å². The second-order valence-electron chi connectivity index (χ2n) is 3.28. The molecule has 0 aliphatic carbocycles. The monoisotopic (exact) mass is 178 g/mol. The highest BCUT2D eigenvalue weighted by molar-refractivity contribution is 5.25. The smallest absolute Gasteiger partial charge is 0.0830 e. The van der Waals surface area contributed by atoms with Crippen LogP contribution in [-0.2, 0) is 11.3 Å². The van der Waals surface area contributed by atoms with Crippen molar-refractivity contribution in [2.75, 3.05) is 6.61 Å². The zero-order valence-electron chi connectivity index (χ0n) is 7.57. The van der Waals surface area contributed by atoms with Gasteiger partial charge in [-0.2, -0.15) is 0 Å². The van der Waals surface area contributed by atoms with E-state index in [1.54, 1.807) is 6.20 Å². The predicted octanol–water partition coefficient (Wildman–Crippen LogP) is 1.39. The first-order valence-corrected chi connectivity index (χ1v) is 4.66. The first-order valence-electron chi connectivity index (χ1n) is 4.66. The van der Waals surface area contributed by atoms with E-state index in [2.05, 4.69) is 4.98 Å². The van der Waals surface area contributed by atoms with Crippen molar-refractivity contribution in [3.63, 3.8) is 0 Å². The fourth-order valence-corrected chi connectivity index (χ4v) is 1.75. The van der Waals surface area contributed by atoms with E-state index in [4.69, 9.17) is 10.5 Å². The normalized spacial score (nSPS) is 22.1. The van der Waals surface area contributed by atoms with Crippen LogP contribution < -0.4 is 5.73 Å². The molecule has 2 N–H and O–H groups in total. The molecule has 0 aromatic carbocycles. The Kier molecular flexibility index (Phi) is 2.57. The lowest BCUT2D eigenvalue weighted by molar-refractivity contribution is 0.111. The van der Waals surface area contributed by atoms with Gasteiger partial charge in [0.25, 0.3) is 0 Å². The summed E-state index contributed by atoms with van der Waals surface area (Å²) in [4.78, 5) is 4.05. The lowest BCUT2D eigenvalue weighted by Crippen LogP contribution is -2.06. The molecule has 0 saturated carbocycles. The second kappa shape index (κ2) is 3.85. The maximum Gasteiger partial charge on any atom is 0.0830 e. The number of nitrogens with zero attached hydrogens (tertiary/aromatic N) is 1. The minimum Gasteiger partial charge on any atom is -0.374 e. The van der Waals surface area contributed by atoms with Gasteiger partial charge in [-0.3, -0.25) is 4.98 Å². The molecule has 2 heterocycles. The fraction of sp³-hybridized carbons (Fsp3) is 0.500. The van der Waals surface area contributed by atoms with Gasteiger partial charge in [0, 0.05) is 25.5 Å². The summed E-state index contributed by atoms with van der Waals surface area (Å²) < 4.78 is 5.60. The van der Waals surface area contributed by atoms with Gasteiger partial charge in [0.15, 0.2) is 0 Å². The van der Waals surface area contributed by atoms with Gasteiger partial charge < -0.3 is 10.5 Å². The van der Waals surface area contributed by atoms with Crippen molar-refractivity contribution < 1.29 is 4.74 Å². The molecule has 1 aromatic rings. The zero-order valence-corrected chi connectivity index (χ0v) is 7.57. The summed E-state index contributed by atoms with van der Waals surface area (Å²) in [5.74, 6) is 0. The molecule has 13 heavy (non-hydrogen) atoms. The van der Waals surface area contributed by atoms with Gasteiger partial charge >= 0.3 is 0 Å². The largest absolute Gasteiger partial charge is 0.374 e. The summed E-state index contributed by atoms with van der Waals surface area (Å²) in [6.45, 7) is 1.42. The number of pyridine rings is 1. The van der Waals surface area contributed by atoms with E-state index in [0.29, 0.717) is 6.54 Å². The van der Waals surface area contributed by atoms with E-state index in [-0.39, 0.29) is 6.10 Å². The SMILES string of the molecule is NCc1cnccc1C1CCCO1. The molecule has 1 aliphatic heterocycles. The molecule has 0 spiro atoms. The van der Waals surface area contributed by atoms with Crippen molar-refractivity contribution in [1.29, 1.82) is 0 Å². The topological polar surface area (TPSA) is 48.1 Å². The highest BCUT2D eigenvalue weighted by Crippen LogP contribution is 2.29. The van der Waals surface area contributed by atoms with E-state index in [1.165, 1.54) is 5.56 Å². The predicted molar refractivity (Wildman–Crippen MR) is 50.1 cm³/mol. The van der Waals surface area contributed by atoms with Crippen molar-refractivity contribution in [1.82, 2.24) is 4.98 Å². The number of nitrogens with two attached hydrogens (primary N) is 1. The summed E-state index contributed by atoms with van der Waals surface area (Å²) in [6, 6.07) is 2.01. The standard InChI is InChI=1S/C10H14N2O/c11-6-8-7-12-4-3-9(8)10-2-1-5-13-10/h3-4,7,10H,1-2,5-6,11H2. The maximum atomic E-state index is 5.62. The summed E-state index contributed by atoms with van der Waals surface area (Å²) in [6.07, 6.45) is 6.14. The third kappa shape index (κ3) is 1.71. The Bertz CT molecular complexity index is 282. The summed E-state index contributed by atoms with van der Waals surface area (Å²) >= 11 is 0. The van der Waals surface area contributed by atoms with Gasteiger partial charge in [-0.15, -0.1) is 0 Å². The molecule has 0 bridgehead atoms. The van der Waals surface area contributed by atoms with Crippen LogP contribution in [0.4, 0.5) is 0 Å². The minimum atomic E-state index is 0.251. The zero-order chi connectivity index (χ0) is 9.10. The molecular weight excluding hydrogens is 164 g/mol. The molecule has 3 heteroatoms. The number of aromatic nitrogens is 1. The Morgan fingerprint density at radius 2 is 2.54 bits per heavy atom. The van der Waals surface area contributed by atoms with Crippen LogP contribution in [0.1, 0.15) is 30.1 Å². The molecule has 70 valence electrons.